The van der Waals surface area contributed by atoms with Crippen molar-refractivity contribution in [3.05, 3.63) is 23.3 Å². The molecule has 0 aliphatic carbocycles. The molecular weight excluding hydrogens is 316 g/mol. The van der Waals surface area contributed by atoms with Crippen LogP contribution in [0.4, 0.5) is 0 Å². The van der Waals surface area contributed by atoms with Gasteiger partial charge in [0.15, 0.2) is 0 Å². The van der Waals surface area contributed by atoms with Gasteiger partial charge in [0.1, 0.15) is 17.6 Å². The predicted molar refractivity (Wildman–Crippen MR) is 99.3 cm³/mol. The lowest BCUT2D eigenvalue weighted by molar-refractivity contribution is 0.0998. The van der Waals surface area contributed by atoms with Crippen LogP contribution in [0.15, 0.2) is 12.1 Å². The first-order valence-corrected chi connectivity index (χ1v) is 9.52. The maximum Gasteiger partial charge on any atom is 0.127 e. The minimum absolute atomic E-state index is 0.229. The molecule has 1 saturated heterocycles. The molecule has 0 radical (unpaired) electrons. The molecule has 0 saturated carbocycles. The largest absolute Gasteiger partial charge is 0.497 e. The Labute approximate surface area is 151 Å². The summed E-state index contributed by atoms with van der Waals surface area (Å²) in [6.45, 7) is 8.81. The fourth-order valence-corrected chi connectivity index (χ4v) is 3.98. The molecule has 140 valence electrons. The van der Waals surface area contributed by atoms with Crippen molar-refractivity contribution in [1.29, 1.82) is 0 Å². The summed E-state index contributed by atoms with van der Waals surface area (Å²) < 4.78 is 11.5. The average molecular weight is 348 g/mol. The number of likely N-dealkylation sites (tertiary alicyclic amines) is 1. The van der Waals surface area contributed by atoms with Gasteiger partial charge >= 0.3 is 0 Å². The number of piperidine rings is 1. The molecular formula is C20H32N2O3. The zero-order chi connectivity index (χ0) is 17.8. The van der Waals surface area contributed by atoms with E-state index in [9.17, 15) is 5.11 Å². The standard InChI is InChI=1S/C20H32N2O3/c1-14(23)13-22-6-4-16(5-7-22)11-21-12-18-10-19(24-3)9-17-8-15(2)25-20(17)18/h9-10,14-16,21,23H,4-8,11-13H2,1-3H3/t14-,15-/m1/s1. The molecule has 0 bridgehead atoms. The van der Waals surface area contributed by atoms with Crippen LogP contribution in [0.25, 0.3) is 0 Å². The molecule has 2 atom stereocenters. The van der Waals surface area contributed by atoms with Gasteiger partial charge in [0.25, 0.3) is 0 Å². The Kier molecular flexibility index (Phi) is 6.20. The summed E-state index contributed by atoms with van der Waals surface area (Å²) in [7, 11) is 1.72. The second kappa shape index (κ2) is 8.39. The van der Waals surface area contributed by atoms with E-state index in [2.05, 4.69) is 29.3 Å². The van der Waals surface area contributed by atoms with Crippen LogP contribution in [0, 0.1) is 5.92 Å². The van der Waals surface area contributed by atoms with Gasteiger partial charge in [-0.2, -0.15) is 0 Å². The number of hydrogen-bond acceptors (Lipinski definition) is 5. The van der Waals surface area contributed by atoms with Crippen LogP contribution in [0.3, 0.4) is 0 Å². The number of benzene rings is 1. The second-order valence-electron chi connectivity index (χ2n) is 7.63. The van der Waals surface area contributed by atoms with Crippen LogP contribution >= 0.6 is 0 Å². The van der Waals surface area contributed by atoms with Crippen molar-refractivity contribution in [2.75, 3.05) is 33.3 Å². The quantitative estimate of drug-likeness (QED) is 0.791. The first-order chi connectivity index (χ1) is 12.0. The number of nitrogens with zero attached hydrogens (tertiary/aromatic N) is 1. The maximum absolute atomic E-state index is 9.50. The average Bonchev–Trinajstić information content (AvgIpc) is 2.96. The monoisotopic (exact) mass is 348 g/mol. The third-order valence-electron chi connectivity index (χ3n) is 5.26. The molecule has 5 nitrogen and oxygen atoms in total. The number of hydrogen-bond donors (Lipinski definition) is 2. The van der Waals surface area contributed by atoms with Crippen LogP contribution in [0.2, 0.25) is 0 Å². The van der Waals surface area contributed by atoms with E-state index in [4.69, 9.17) is 9.47 Å². The van der Waals surface area contributed by atoms with Gasteiger partial charge in [-0.15, -0.1) is 0 Å². The van der Waals surface area contributed by atoms with Crippen LogP contribution < -0.4 is 14.8 Å². The number of fused-ring (bicyclic) bond motifs is 1. The second-order valence-corrected chi connectivity index (χ2v) is 7.63. The third kappa shape index (κ3) is 4.87. The fourth-order valence-electron chi connectivity index (χ4n) is 3.98. The Balaban J connectivity index is 1.49. The summed E-state index contributed by atoms with van der Waals surface area (Å²) >= 11 is 0. The van der Waals surface area contributed by atoms with Gasteiger partial charge < -0.3 is 24.8 Å². The maximum atomic E-state index is 9.50. The van der Waals surface area contributed by atoms with Gasteiger partial charge in [0.2, 0.25) is 0 Å². The highest BCUT2D eigenvalue weighted by molar-refractivity contribution is 5.49. The highest BCUT2D eigenvalue weighted by atomic mass is 16.5. The van der Waals surface area contributed by atoms with Crippen LogP contribution in [0.5, 0.6) is 11.5 Å². The van der Waals surface area contributed by atoms with Crippen molar-refractivity contribution < 1.29 is 14.6 Å². The Morgan fingerprint density at radius 2 is 2.12 bits per heavy atom. The molecule has 0 spiro atoms. The summed E-state index contributed by atoms with van der Waals surface area (Å²) in [6, 6.07) is 4.19. The smallest absolute Gasteiger partial charge is 0.127 e. The number of ether oxygens (including phenoxy) is 2. The molecule has 1 aromatic carbocycles. The topological polar surface area (TPSA) is 54.0 Å². The van der Waals surface area contributed by atoms with E-state index in [1.807, 2.05) is 6.92 Å². The minimum Gasteiger partial charge on any atom is -0.497 e. The van der Waals surface area contributed by atoms with E-state index in [0.29, 0.717) is 5.92 Å². The zero-order valence-corrected chi connectivity index (χ0v) is 15.8. The Morgan fingerprint density at radius 3 is 2.80 bits per heavy atom. The molecule has 2 aliphatic heterocycles. The lowest BCUT2D eigenvalue weighted by Crippen LogP contribution is -2.40. The number of β-amino-alcohol motifs (C(OH)–C–C–N with tert-alkyl or cyclic N) is 1. The van der Waals surface area contributed by atoms with Crippen LogP contribution in [-0.2, 0) is 13.0 Å². The molecule has 2 aliphatic rings. The molecule has 0 aromatic heterocycles. The number of rotatable bonds is 7. The molecule has 0 amide bonds. The van der Waals surface area contributed by atoms with Gasteiger partial charge in [-0.25, -0.2) is 0 Å². The van der Waals surface area contributed by atoms with E-state index in [0.717, 1.165) is 50.6 Å². The third-order valence-corrected chi connectivity index (χ3v) is 5.26. The number of aliphatic hydroxyl groups is 1. The van der Waals surface area contributed by atoms with Gasteiger partial charge in [-0.1, -0.05) is 0 Å². The van der Waals surface area contributed by atoms with E-state index < -0.39 is 0 Å². The molecule has 1 aromatic rings. The lowest BCUT2D eigenvalue weighted by atomic mass is 9.96. The van der Waals surface area contributed by atoms with Crippen molar-refractivity contribution >= 4 is 0 Å². The fraction of sp³-hybridized carbons (Fsp3) is 0.700. The van der Waals surface area contributed by atoms with Crippen molar-refractivity contribution in [1.82, 2.24) is 10.2 Å². The molecule has 2 N–H and O–H groups in total. The van der Waals surface area contributed by atoms with Crippen LogP contribution in [-0.4, -0.2) is 55.5 Å². The summed E-state index contributed by atoms with van der Waals surface area (Å²) in [5.74, 6) is 2.68. The van der Waals surface area contributed by atoms with E-state index in [-0.39, 0.29) is 12.2 Å². The number of aliphatic hydroxyl groups excluding tert-OH is 1. The molecule has 1 fully saturated rings. The summed E-state index contributed by atoms with van der Waals surface area (Å²) in [5, 5.41) is 13.1. The van der Waals surface area contributed by atoms with E-state index in [1.54, 1.807) is 7.11 Å². The SMILES string of the molecule is COc1cc(CNCC2CCN(C[C@@H](C)O)CC2)c2c(c1)C[C@@H](C)O2. The van der Waals surface area contributed by atoms with Crippen LogP contribution in [0.1, 0.15) is 37.8 Å². The predicted octanol–water partition coefficient (Wildman–Crippen LogP) is 2.20. The molecule has 3 rings (SSSR count). The van der Waals surface area contributed by atoms with Crippen molar-refractivity contribution in [2.24, 2.45) is 5.92 Å². The first-order valence-electron chi connectivity index (χ1n) is 9.52. The Hall–Kier alpha value is -1.30. The van der Waals surface area contributed by atoms with Gasteiger partial charge in [0.05, 0.1) is 13.2 Å². The van der Waals surface area contributed by atoms with Gasteiger partial charge in [-0.05, 0) is 64.4 Å². The number of methoxy groups -OCH3 is 1. The Morgan fingerprint density at radius 1 is 1.36 bits per heavy atom. The molecule has 0 unspecified atom stereocenters. The minimum atomic E-state index is -0.229. The van der Waals surface area contributed by atoms with E-state index >= 15 is 0 Å². The lowest BCUT2D eigenvalue weighted by Gasteiger charge is -2.32. The molecule has 25 heavy (non-hydrogen) atoms. The number of nitrogens with one attached hydrogen (secondary N) is 1. The molecule has 2 heterocycles. The van der Waals surface area contributed by atoms with Crippen molar-refractivity contribution in [3.8, 4) is 11.5 Å². The van der Waals surface area contributed by atoms with Crippen molar-refractivity contribution in [3.63, 3.8) is 0 Å². The first kappa shape index (κ1) is 18.5. The highest BCUT2D eigenvalue weighted by Gasteiger charge is 2.24. The van der Waals surface area contributed by atoms with Gasteiger partial charge in [-0.3, -0.25) is 0 Å². The van der Waals surface area contributed by atoms with Crippen molar-refractivity contribution in [2.45, 2.75) is 51.9 Å². The Bertz CT molecular complexity index is 568. The highest BCUT2D eigenvalue weighted by Crippen LogP contribution is 2.36. The molecule has 5 heteroatoms. The van der Waals surface area contributed by atoms with Gasteiger partial charge in [0, 0.05) is 30.6 Å². The summed E-state index contributed by atoms with van der Waals surface area (Å²) in [6.07, 6.45) is 3.38. The summed E-state index contributed by atoms with van der Waals surface area (Å²) in [4.78, 5) is 2.37. The summed E-state index contributed by atoms with van der Waals surface area (Å²) in [5.41, 5.74) is 2.46. The van der Waals surface area contributed by atoms with E-state index in [1.165, 1.54) is 24.0 Å². The normalized spacial score (nSPS) is 22.5. The zero-order valence-electron chi connectivity index (χ0n) is 15.8.